The highest BCUT2D eigenvalue weighted by atomic mass is 32.2. The van der Waals surface area contributed by atoms with Gasteiger partial charge in [-0.2, -0.15) is 0 Å². The van der Waals surface area contributed by atoms with Crippen molar-refractivity contribution in [2.45, 2.75) is 16.3 Å². The second-order valence-electron chi connectivity index (χ2n) is 6.72. The van der Waals surface area contributed by atoms with Crippen molar-refractivity contribution in [2.24, 2.45) is 14.1 Å². The molecule has 0 bridgehead atoms. The monoisotopic (exact) mass is 421 g/mol. The number of amides is 1. The number of para-hydroxylation sites is 1. The zero-order chi connectivity index (χ0) is 21.3. The number of hydrogen-bond donors (Lipinski definition) is 1. The van der Waals surface area contributed by atoms with Crippen LogP contribution in [-0.4, -0.2) is 24.6 Å². The minimum atomic E-state index is -0.590. The molecule has 0 unspecified atom stereocenters. The lowest BCUT2D eigenvalue weighted by molar-refractivity contribution is -0.116. The molecule has 0 aliphatic carbocycles. The van der Waals surface area contributed by atoms with Crippen molar-refractivity contribution < 1.29 is 4.79 Å². The predicted octanol–water partition coefficient (Wildman–Crippen LogP) is 2.22. The molecular weight excluding hydrogens is 402 g/mol. The highest BCUT2D eigenvalue weighted by molar-refractivity contribution is 7.99. The number of nitrogens with one attached hydrogen (secondary N) is 1. The SMILES string of the molecule is Cn1cnc2c1c(=O)n(CC(=O)Nc1ccccc1Sc1ccccc1)c(=O)n2C. The Morgan fingerprint density at radius 2 is 1.73 bits per heavy atom. The summed E-state index contributed by atoms with van der Waals surface area (Å²) in [6.07, 6.45) is 1.47. The van der Waals surface area contributed by atoms with Gasteiger partial charge < -0.3 is 9.88 Å². The maximum atomic E-state index is 12.8. The largest absolute Gasteiger partial charge is 0.332 e. The molecule has 1 N–H and O–H groups in total. The second kappa shape index (κ2) is 8.03. The molecule has 4 rings (SSSR count). The summed E-state index contributed by atoms with van der Waals surface area (Å²) in [4.78, 5) is 44.1. The van der Waals surface area contributed by atoms with Crippen LogP contribution in [-0.2, 0) is 25.4 Å². The van der Waals surface area contributed by atoms with E-state index in [1.54, 1.807) is 13.1 Å². The van der Waals surface area contributed by atoms with Gasteiger partial charge >= 0.3 is 5.69 Å². The molecule has 2 aromatic carbocycles. The fourth-order valence-corrected chi connectivity index (χ4v) is 4.07. The molecule has 8 nitrogen and oxygen atoms in total. The summed E-state index contributed by atoms with van der Waals surface area (Å²) in [5.41, 5.74) is 0.0324. The molecular formula is C21H19N5O3S. The Morgan fingerprint density at radius 1 is 1.03 bits per heavy atom. The van der Waals surface area contributed by atoms with E-state index in [9.17, 15) is 14.4 Å². The van der Waals surface area contributed by atoms with E-state index in [2.05, 4.69) is 10.3 Å². The van der Waals surface area contributed by atoms with Crippen molar-refractivity contribution in [1.29, 1.82) is 0 Å². The smallest absolute Gasteiger partial charge is 0.328 e. The fraction of sp³-hybridized carbons (Fsp3) is 0.143. The van der Waals surface area contributed by atoms with Crippen LogP contribution < -0.4 is 16.6 Å². The van der Waals surface area contributed by atoms with E-state index < -0.39 is 23.7 Å². The Hall–Kier alpha value is -3.59. The summed E-state index contributed by atoms with van der Waals surface area (Å²) in [5, 5.41) is 2.82. The van der Waals surface area contributed by atoms with E-state index in [1.165, 1.54) is 34.3 Å². The van der Waals surface area contributed by atoms with Crippen molar-refractivity contribution >= 4 is 34.5 Å². The van der Waals surface area contributed by atoms with Crippen molar-refractivity contribution in [2.75, 3.05) is 5.32 Å². The first-order valence-corrected chi connectivity index (χ1v) is 10.00. The molecule has 0 atom stereocenters. The highest BCUT2D eigenvalue weighted by Gasteiger charge is 2.17. The number of nitrogens with zero attached hydrogens (tertiary/aromatic N) is 4. The quantitative estimate of drug-likeness (QED) is 0.534. The molecule has 9 heteroatoms. The molecule has 1 amide bonds. The van der Waals surface area contributed by atoms with Crippen molar-refractivity contribution in [3.05, 3.63) is 81.8 Å². The molecule has 0 aliphatic heterocycles. The van der Waals surface area contributed by atoms with Gasteiger partial charge in [0.25, 0.3) is 5.56 Å². The summed E-state index contributed by atoms with van der Waals surface area (Å²) >= 11 is 1.52. The number of carbonyl (C=O) groups excluding carboxylic acids is 1. The molecule has 2 heterocycles. The molecule has 0 spiro atoms. The number of benzene rings is 2. The third-order valence-corrected chi connectivity index (χ3v) is 5.72. The number of imidazole rings is 1. The van der Waals surface area contributed by atoms with Gasteiger partial charge in [0.05, 0.1) is 12.0 Å². The Bertz CT molecular complexity index is 1350. The normalized spacial score (nSPS) is 11.0. The van der Waals surface area contributed by atoms with Gasteiger partial charge in [-0.25, -0.2) is 14.3 Å². The number of carbonyl (C=O) groups is 1. The Morgan fingerprint density at radius 3 is 2.50 bits per heavy atom. The third-order valence-electron chi connectivity index (χ3n) is 4.63. The van der Waals surface area contributed by atoms with Gasteiger partial charge in [-0.3, -0.25) is 14.2 Å². The average Bonchev–Trinajstić information content (AvgIpc) is 3.13. The summed E-state index contributed by atoms with van der Waals surface area (Å²) in [7, 11) is 3.19. The number of fused-ring (bicyclic) bond motifs is 1. The Labute approximate surface area is 175 Å². The van der Waals surface area contributed by atoms with Crippen LogP contribution in [0.25, 0.3) is 11.2 Å². The minimum absolute atomic E-state index is 0.268. The van der Waals surface area contributed by atoms with Gasteiger partial charge in [0.15, 0.2) is 11.2 Å². The maximum Gasteiger partial charge on any atom is 0.332 e. The molecule has 0 radical (unpaired) electrons. The lowest BCUT2D eigenvalue weighted by Gasteiger charge is -2.12. The van der Waals surface area contributed by atoms with Gasteiger partial charge in [-0.1, -0.05) is 42.1 Å². The average molecular weight is 421 g/mol. The summed E-state index contributed by atoms with van der Waals surface area (Å²) in [6, 6.07) is 17.2. The summed E-state index contributed by atoms with van der Waals surface area (Å²) in [5.74, 6) is -0.461. The van der Waals surface area contributed by atoms with Crippen molar-refractivity contribution in [3.8, 4) is 0 Å². The van der Waals surface area contributed by atoms with Gasteiger partial charge in [-0.15, -0.1) is 0 Å². The van der Waals surface area contributed by atoms with Crippen LogP contribution in [0.1, 0.15) is 0 Å². The predicted molar refractivity (Wildman–Crippen MR) is 116 cm³/mol. The second-order valence-corrected chi connectivity index (χ2v) is 7.84. The molecule has 0 saturated heterocycles. The Kier molecular flexibility index (Phi) is 5.28. The number of anilines is 1. The van der Waals surface area contributed by atoms with Crippen molar-refractivity contribution in [3.63, 3.8) is 0 Å². The van der Waals surface area contributed by atoms with Crippen LogP contribution in [0, 0.1) is 0 Å². The zero-order valence-corrected chi connectivity index (χ0v) is 17.2. The van der Waals surface area contributed by atoms with E-state index in [0.717, 1.165) is 14.4 Å². The topological polar surface area (TPSA) is 90.9 Å². The standard InChI is InChI=1S/C21H19N5O3S/c1-24-13-22-19-18(24)20(28)26(21(29)25(19)2)12-17(27)23-15-10-6-7-11-16(15)30-14-8-4-3-5-9-14/h3-11,13H,12H2,1-2H3,(H,23,27). The van der Waals surface area contributed by atoms with Crippen LogP contribution in [0.15, 0.2) is 80.3 Å². The van der Waals surface area contributed by atoms with Crippen LogP contribution in [0.2, 0.25) is 0 Å². The molecule has 2 aromatic heterocycles. The third kappa shape index (κ3) is 3.67. The lowest BCUT2D eigenvalue weighted by Crippen LogP contribution is -2.42. The first-order valence-electron chi connectivity index (χ1n) is 9.18. The molecule has 0 fully saturated rings. The maximum absolute atomic E-state index is 12.8. The van der Waals surface area contributed by atoms with Crippen LogP contribution in [0.4, 0.5) is 5.69 Å². The molecule has 0 aliphatic rings. The molecule has 152 valence electrons. The lowest BCUT2D eigenvalue weighted by atomic mass is 10.3. The van der Waals surface area contributed by atoms with Gasteiger partial charge in [0, 0.05) is 23.9 Å². The van der Waals surface area contributed by atoms with Crippen LogP contribution in [0.5, 0.6) is 0 Å². The minimum Gasteiger partial charge on any atom is -0.328 e. The highest BCUT2D eigenvalue weighted by Crippen LogP contribution is 2.33. The summed E-state index contributed by atoms with van der Waals surface area (Å²) in [6.45, 7) is -0.392. The van der Waals surface area contributed by atoms with Gasteiger partial charge in [0.1, 0.15) is 6.54 Å². The first-order chi connectivity index (χ1) is 14.5. The van der Waals surface area contributed by atoms with Crippen molar-refractivity contribution in [1.82, 2.24) is 18.7 Å². The van der Waals surface area contributed by atoms with E-state index >= 15 is 0 Å². The zero-order valence-electron chi connectivity index (χ0n) is 16.4. The molecule has 4 aromatic rings. The Balaban J connectivity index is 1.62. The fourth-order valence-electron chi connectivity index (χ4n) is 3.14. The van der Waals surface area contributed by atoms with E-state index in [4.69, 9.17) is 0 Å². The van der Waals surface area contributed by atoms with E-state index in [1.807, 2.05) is 48.5 Å². The summed E-state index contributed by atoms with van der Waals surface area (Å²) < 4.78 is 3.73. The molecule has 30 heavy (non-hydrogen) atoms. The van der Waals surface area contributed by atoms with Gasteiger partial charge in [0.2, 0.25) is 5.91 Å². The number of rotatable bonds is 5. The number of aromatic nitrogens is 4. The number of aryl methyl sites for hydroxylation is 2. The molecule has 0 saturated carbocycles. The number of hydrogen-bond acceptors (Lipinski definition) is 5. The van der Waals surface area contributed by atoms with Gasteiger partial charge in [-0.05, 0) is 24.3 Å². The first kappa shape index (κ1) is 19.7. The van der Waals surface area contributed by atoms with E-state index in [0.29, 0.717) is 5.69 Å². The van der Waals surface area contributed by atoms with E-state index in [-0.39, 0.29) is 11.2 Å². The van der Waals surface area contributed by atoms with Crippen LogP contribution >= 0.6 is 11.8 Å². The van der Waals surface area contributed by atoms with Crippen LogP contribution in [0.3, 0.4) is 0 Å².